The lowest BCUT2D eigenvalue weighted by molar-refractivity contribution is 0.229. The topological polar surface area (TPSA) is 64.7 Å². The number of aryl methyl sites for hydroxylation is 1. The van der Waals surface area contributed by atoms with E-state index in [1.807, 2.05) is 18.2 Å². The Morgan fingerprint density at radius 2 is 1.74 bits per heavy atom. The molecule has 3 N–H and O–H groups in total. The molecule has 2 aromatic carbocycles. The Hall–Kier alpha value is -2.04. The Morgan fingerprint density at radius 1 is 1.04 bits per heavy atom. The molecule has 0 bridgehead atoms. The van der Waals surface area contributed by atoms with Gasteiger partial charge in [-0.3, -0.25) is 0 Å². The molecule has 23 heavy (non-hydrogen) atoms. The summed E-state index contributed by atoms with van der Waals surface area (Å²) in [4.78, 5) is 0. The van der Waals surface area contributed by atoms with Crippen molar-refractivity contribution >= 4 is 0 Å². The lowest BCUT2D eigenvalue weighted by Gasteiger charge is -2.15. The van der Waals surface area contributed by atoms with E-state index < -0.39 is 0 Å². The molecule has 0 radical (unpaired) electrons. The minimum atomic E-state index is 0.0633. The second-order valence-corrected chi connectivity index (χ2v) is 5.75. The van der Waals surface area contributed by atoms with Gasteiger partial charge in [0.25, 0.3) is 0 Å². The van der Waals surface area contributed by atoms with Crippen molar-refractivity contribution < 1.29 is 14.6 Å². The largest absolute Gasteiger partial charge is 0.493 e. The molecule has 0 fully saturated rings. The maximum atomic E-state index is 9.30. The quantitative estimate of drug-likeness (QED) is 0.786. The third-order valence-corrected chi connectivity index (χ3v) is 3.86. The van der Waals surface area contributed by atoms with Crippen LogP contribution in [0.4, 0.5) is 0 Å². The highest BCUT2D eigenvalue weighted by Crippen LogP contribution is 2.29. The van der Waals surface area contributed by atoms with Crippen LogP contribution in [-0.4, -0.2) is 25.4 Å². The van der Waals surface area contributed by atoms with Gasteiger partial charge in [0, 0.05) is 6.61 Å². The number of nitrogens with two attached hydrogens (primary N) is 1. The molecule has 0 aliphatic rings. The first-order valence-electron chi connectivity index (χ1n) is 7.82. The third kappa shape index (κ3) is 4.98. The second-order valence-electron chi connectivity index (χ2n) is 5.75. The van der Waals surface area contributed by atoms with Crippen LogP contribution >= 0.6 is 0 Å². The molecular weight excluding hydrogens is 290 g/mol. The van der Waals surface area contributed by atoms with Crippen LogP contribution in [0, 0.1) is 12.8 Å². The first kappa shape index (κ1) is 17.3. The van der Waals surface area contributed by atoms with Crippen molar-refractivity contribution in [2.45, 2.75) is 20.0 Å². The molecule has 0 aliphatic carbocycles. The van der Waals surface area contributed by atoms with Gasteiger partial charge in [0.05, 0.1) is 7.11 Å². The van der Waals surface area contributed by atoms with E-state index in [4.69, 9.17) is 15.2 Å². The number of aliphatic hydroxyl groups excluding tert-OH is 1. The number of benzene rings is 2. The standard InChI is InChI=1S/C19H25NO3/c1-14-3-5-15(6-4-14)13-23-19-10-16(7-8-18(19)22-2)9-17(11-20)12-21/h3-8,10,17,21H,9,11-13,20H2,1-2H3. The summed E-state index contributed by atoms with van der Waals surface area (Å²) in [5.74, 6) is 1.47. The van der Waals surface area contributed by atoms with Crippen molar-refractivity contribution in [3.8, 4) is 11.5 Å². The normalized spacial score (nSPS) is 12.0. The van der Waals surface area contributed by atoms with E-state index in [2.05, 4.69) is 31.2 Å². The molecule has 0 amide bonds. The molecule has 0 heterocycles. The highest BCUT2D eigenvalue weighted by molar-refractivity contribution is 5.43. The molecule has 0 aromatic heterocycles. The first-order valence-corrected chi connectivity index (χ1v) is 7.82. The van der Waals surface area contributed by atoms with Crippen LogP contribution in [0.5, 0.6) is 11.5 Å². The van der Waals surface area contributed by atoms with Gasteiger partial charge < -0.3 is 20.3 Å². The Kier molecular flexibility index (Phi) is 6.44. The smallest absolute Gasteiger partial charge is 0.161 e. The van der Waals surface area contributed by atoms with E-state index in [0.717, 1.165) is 17.5 Å². The SMILES string of the molecule is COc1ccc(CC(CN)CO)cc1OCc1ccc(C)cc1. The summed E-state index contributed by atoms with van der Waals surface area (Å²) >= 11 is 0. The third-order valence-electron chi connectivity index (χ3n) is 3.86. The lowest BCUT2D eigenvalue weighted by atomic mass is 10.00. The maximum absolute atomic E-state index is 9.30. The van der Waals surface area contributed by atoms with Crippen LogP contribution in [0.3, 0.4) is 0 Å². The van der Waals surface area contributed by atoms with Crippen LogP contribution in [0.1, 0.15) is 16.7 Å². The number of rotatable bonds is 8. The Balaban J connectivity index is 2.10. The number of hydrogen-bond acceptors (Lipinski definition) is 4. The monoisotopic (exact) mass is 315 g/mol. The van der Waals surface area contributed by atoms with E-state index in [1.54, 1.807) is 7.11 Å². The van der Waals surface area contributed by atoms with Gasteiger partial charge in [-0.05, 0) is 49.1 Å². The molecule has 0 aliphatic heterocycles. The second kappa shape index (κ2) is 8.56. The molecular formula is C19H25NO3. The molecule has 124 valence electrons. The van der Waals surface area contributed by atoms with Gasteiger partial charge in [0.15, 0.2) is 11.5 Å². The predicted octanol–water partition coefficient (Wildman–Crippen LogP) is 2.69. The van der Waals surface area contributed by atoms with Gasteiger partial charge in [-0.1, -0.05) is 35.9 Å². The van der Waals surface area contributed by atoms with Gasteiger partial charge >= 0.3 is 0 Å². The van der Waals surface area contributed by atoms with Crippen LogP contribution in [0.2, 0.25) is 0 Å². The van der Waals surface area contributed by atoms with Crippen LogP contribution < -0.4 is 15.2 Å². The van der Waals surface area contributed by atoms with Crippen molar-refractivity contribution in [3.63, 3.8) is 0 Å². The highest BCUT2D eigenvalue weighted by atomic mass is 16.5. The van der Waals surface area contributed by atoms with Crippen molar-refractivity contribution in [2.75, 3.05) is 20.3 Å². The Bertz CT molecular complexity index is 607. The molecule has 0 spiro atoms. The molecule has 4 nitrogen and oxygen atoms in total. The molecule has 0 saturated heterocycles. The van der Waals surface area contributed by atoms with Crippen LogP contribution in [-0.2, 0) is 13.0 Å². The summed E-state index contributed by atoms with van der Waals surface area (Å²) < 4.78 is 11.3. The fourth-order valence-corrected chi connectivity index (χ4v) is 2.36. The molecule has 2 rings (SSSR count). The van der Waals surface area contributed by atoms with Gasteiger partial charge in [-0.25, -0.2) is 0 Å². The van der Waals surface area contributed by atoms with E-state index in [0.29, 0.717) is 24.7 Å². The van der Waals surface area contributed by atoms with E-state index in [-0.39, 0.29) is 12.5 Å². The average Bonchev–Trinajstić information content (AvgIpc) is 2.59. The minimum Gasteiger partial charge on any atom is -0.493 e. The molecule has 0 saturated carbocycles. The van der Waals surface area contributed by atoms with E-state index >= 15 is 0 Å². The summed E-state index contributed by atoms with van der Waals surface area (Å²) in [5, 5.41) is 9.30. The minimum absolute atomic E-state index is 0.0633. The zero-order valence-electron chi connectivity index (χ0n) is 13.8. The van der Waals surface area contributed by atoms with Crippen molar-refractivity contribution in [3.05, 3.63) is 59.2 Å². The summed E-state index contributed by atoms with van der Waals surface area (Å²) in [6.45, 7) is 3.09. The van der Waals surface area contributed by atoms with Crippen molar-refractivity contribution in [1.29, 1.82) is 0 Å². The van der Waals surface area contributed by atoms with Gasteiger partial charge in [-0.15, -0.1) is 0 Å². The van der Waals surface area contributed by atoms with Crippen molar-refractivity contribution in [1.82, 2.24) is 0 Å². The number of aliphatic hydroxyl groups is 1. The van der Waals surface area contributed by atoms with Gasteiger partial charge in [0.2, 0.25) is 0 Å². The molecule has 2 aromatic rings. The van der Waals surface area contributed by atoms with Gasteiger partial charge in [0.1, 0.15) is 6.61 Å². The Morgan fingerprint density at radius 3 is 2.35 bits per heavy atom. The van der Waals surface area contributed by atoms with Gasteiger partial charge in [-0.2, -0.15) is 0 Å². The fraction of sp³-hybridized carbons (Fsp3) is 0.368. The molecule has 1 unspecified atom stereocenters. The Labute approximate surface area is 137 Å². The fourth-order valence-electron chi connectivity index (χ4n) is 2.36. The summed E-state index contributed by atoms with van der Waals surface area (Å²) in [6, 6.07) is 14.1. The number of ether oxygens (including phenoxy) is 2. The van der Waals surface area contributed by atoms with Crippen LogP contribution in [0.25, 0.3) is 0 Å². The summed E-state index contributed by atoms with van der Waals surface area (Å²) in [7, 11) is 1.63. The summed E-state index contributed by atoms with van der Waals surface area (Å²) in [5.41, 5.74) is 9.07. The van der Waals surface area contributed by atoms with Crippen LogP contribution in [0.15, 0.2) is 42.5 Å². The highest BCUT2D eigenvalue weighted by Gasteiger charge is 2.10. The molecule has 4 heteroatoms. The number of methoxy groups -OCH3 is 1. The molecule has 1 atom stereocenters. The van der Waals surface area contributed by atoms with Crippen molar-refractivity contribution in [2.24, 2.45) is 11.7 Å². The summed E-state index contributed by atoms with van der Waals surface area (Å²) in [6.07, 6.45) is 0.720. The predicted molar refractivity (Wildman–Crippen MR) is 91.8 cm³/mol. The zero-order valence-corrected chi connectivity index (χ0v) is 13.8. The lowest BCUT2D eigenvalue weighted by Crippen LogP contribution is -2.20. The first-order chi connectivity index (χ1) is 11.2. The van der Waals surface area contributed by atoms with E-state index in [9.17, 15) is 5.11 Å². The maximum Gasteiger partial charge on any atom is 0.161 e. The van der Waals surface area contributed by atoms with E-state index in [1.165, 1.54) is 5.56 Å². The number of hydrogen-bond donors (Lipinski definition) is 2. The average molecular weight is 315 g/mol. The zero-order chi connectivity index (χ0) is 16.7.